The smallest absolute Gasteiger partial charge is 0.410 e. The van der Waals surface area contributed by atoms with Crippen molar-refractivity contribution in [3.63, 3.8) is 0 Å². The van der Waals surface area contributed by atoms with Crippen LogP contribution in [0.1, 0.15) is 53.6 Å². The highest BCUT2D eigenvalue weighted by Gasteiger charge is 2.33. The van der Waals surface area contributed by atoms with E-state index in [-0.39, 0.29) is 29.7 Å². The van der Waals surface area contributed by atoms with Gasteiger partial charge in [0.25, 0.3) is 11.8 Å². The number of carbonyl (C=O) groups excluding carboxylic acids is 3. The predicted molar refractivity (Wildman–Crippen MR) is 177 cm³/mol. The molecule has 0 bridgehead atoms. The fourth-order valence-electron chi connectivity index (χ4n) is 5.57. The van der Waals surface area contributed by atoms with Gasteiger partial charge in [0.05, 0.1) is 11.4 Å². The lowest BCUT2D eigenvalue weighted by molar-refractivity contribution is 0.0139. The second kappa shape index (κ2) is 13.9. The monoisotopic (exact) mass is 623 g/mol. The molecule has 0 spiro atoms. The summed E-state index contributed by atoms with van der Waals surface area (Å²) in [6.45, 7) is 9.15. The molecule has 3 amide bonds. The molecule has 1 aliphatic heterocycles. The molecule has 1 saturated heterocycles. The van der Waals surface area contributed by atoms with Crippen molar-refractivity contribution in [2.75, 3.05) is 32.7 Å². The van der Waals surface area contributed by atoms with Crippen molar-refractivity contribution in [2.24, 2.45) is 0 Å². The Morgan fingerprint density at radius 2 is 1.39 bits per heavy atom. The number of imidazole rings is 1. The molecule has 2 heterocycles. The van der Waals surface area contributed by atoms with Crippen molar-refractivity contribution in [3.05, 3.63) is 112 Å². The highest BCUT2D eigenvalue weighted by molar-refractivity contribution is 5.99. The Morgan fingerprint density at radius 1 is 0.804 bits per heavy atom. The summed E-state index contributed by atoms with van der Waals surface area (Å²) in [5, 5.41) is 2.92. The van der Waals surface area contributed by atoms with Gasteiger partial charge in [0.15, 0.2) is 0 Å². The first kappa shape index (κ1) is 32.3. The number of rotatable bonds is 8. The Bertz CT molecular complexity index is 1750. The number of piperazine rings is 1. The molecule has 10 nitrogen and oxygen atoms in total. The molecule has 0 saturated carbocycles. The highest BCUT2D eigenvalue weighted by atomic mass is 16.6. The molecule has 5 rings (SSSR count). The van der Waals surface area contributed by atoms with Crippen molar-refractivity contribution >= 4 is 17.9 Å². The van der Waals surface area contributed by atoms with Crippen LogP contribution in [0.5, 0.6) is 0 Å². The summed E-state index contributed by atoms with van der Waals surface area (Å²) in [5.74, 6) is -0.491. The van der Waals surface area contributed by atoms with Gasteiger partial charge >= 0.3 is 11.8 Å². The summed E-state index contributed by atoms with van der Waals surface area (Å²) in [6, 6.07) is 26.0. The quantitative estimate of drug-likeness (QED) is 0.274. The Labute approximate surface area is 269 Å². The number of benzene rings is 3. The van der Waals surface area contributed by atoms with Crippen LogP contribution in [0.4, 0.5) is 4.79 Å². The lowest BCUT2D eigenvalue weighted by atomic mass is 10.1. The van der Waals surface area contributed by atoms with Gasteiger partial charge in [-0.15, -0.1) is 0 Å². The number of aryl methyl sites for hydroxylation is 1. The molecular weight excluding hydrogens is 582 g/mol. The van der Waals surface area contributed by atoms with E-state index in [2.05, 4.69) is 5.32 Å². The number of nitrogens with one attached hydrogen (secondary N) is 1. The van der Waals surface area contributed by atoms with Crippen LogP contribution in [-0.4, -0.2) is 75.2 Å². The maximum absolute atomic E-state index is 14.5. The summed E-state index contributed by atoms with van der Waals surface area (Å²) < 4.78 is 8.69. The predicted octanol–water partition coefficient (Wildman–Crippen LogP) is 5.13. The number of hydrogen-bond acceptors (Lipinski definition) is 5. The zero-order valence-electron chi connectivity index (χ0n) is 26.9. The maximum Gasteiger partial charge on any atom is 0.410 e. The molecule has 46 heavy (non-hydrogen) atoms. The van der Waals surface area contributed by atoms with Gasteiger partial charge in [0.2, 0.25) is 0 Å². The molecule has 1 aliphatic rings. The summed E-state index contributed by atoms with van der Waals surface area (Å²) in [6.07, 6.45) is 0.0155. The third kappa shape index (κ3) is 7.22. The Morgan fingerprint density at radius 3 is 2.02 bits per heavy atom. The molecule has 0 unspecified atom stereocenters. The summed E-state index contributed by atoms with van der Waals surface area (Å²) in [7, 11) is 0. The van der Waals surface area contributed by atoms with Crippen molar-refractivity contribution in [3.8, 4) is 16.9 Å². The van der Waals surface area contributed by atoms with Crippen LogP contribution in [0, 0.1) is 6.92 Å². The molecule has 1 fully saturated rings. The number of ether oxygens (including phenoxy) is 1. The van der Waals surface area contributed by atoms with Crippen molar-refractivity contribution < 1.29 is 19.1 Å². The molecule has 240 valence electrons. The normalized spacial score (nSPS) is 13.4. The molecule has 0 radical (unpaired) electrons. The molecule has 3 aromatic carbocycles. The summed E-state index contributed by atoms with van der Waals surface area (Å²) in [5.41, 5.74) is 2.69. The van der Waals surface area contributed by atoms with Crippen LogP contribution in [0.15, 0.2) is 89.7 Å². The van der Waals surface area contributed by atoms with Crippen molar-refractivity contribution in [1.82, 2.24) is 24.3 Å². The van der Waals surface area contributed by atoms with Crippen molar-refractivity contribution in [1.29, 1.82) is 0 Å². The lowest BCUT2D eigenvalue weighted by Gasteiger charge is -2.35. The molecule has 1 N–H and O–H groups in total. The second-order valence-corrected chi connectivity index (χ2v) is 12.4. The van der Waals surface area contributed by atoms with Gasteiger partial charge in [-0.3, -0.25) is 18.7 Å². The number of aromatic nitrogens is 2. The van der Waals surface area contributed by atoms with E-state index in [0.717, 1.165) is 11.1 Å². The Balaban J connectivity index is 1.49. The summed E-state index contributed by atoms with van der Waals surface area (Å²) >= 11 is 0. The average Bonchev–Trinajstić information content (AvgIpc) is 3.34. The first-order valence-corrected chi connectivity index (χ1v) is 15.6. The van der Waals surface area contributed by atoms with E-state index in [4.69, 9.17) is 4.74 Å². The molecule has 10 heteroatoms. The van der Waals surface area contributed by atoms with Crippen LogP contribution in [0.3, 0.4) is 0 Å². The van der Waals surface area contributed by atoms with Gasteiger partial charge in [0, 0.05) is 50.4 Å². The zero-order chi connectivity index (χ0) is 32.8. The Hall–Kier alpha value is -5.12. The third-order valence-electron chi connectivity index (χ3n) is 7.84. The molecular formula is C36H41N5O5. The van der Waals surface area contributed by atoms with Crippen LogP contribution in [0.25, 0.3) is 16.9 Å². The molecule has 0 aliphatic carbocycles. The topological polar surface area (TPSA) is 106 Å². The van der Waals surface area contributed by atoms with E-state index in [1.54, 1.807) is 38.6 Å². The summed E-state index contributed by atoms with van der Waals surface area (Å²) in [4.78, 5) is 57.5. The van der Waals surface area contributed by atoms with Gasteiger partial charge in [-0.05, 0) is 57.9 Å². The zero-order valence-corrected chi connectivity index (χ0v) is 26.9. The second-order valence-electron chi connectivity index (χ2n) is 12.4. The first-order valence-electron chi connectivity index (χ1n) is 15.6. The SMILES string of the molecule is Cc1ccccc1-n1c(-c2ccccc2)c(C(=O)N2CCN(C(=O)OC(C)(C)C)CC2)n(CCCNC(=O)c2ccccc2)c1=O. The molecule has 1 aromatic heterocycles. The standard InChI is InChI=1S/C36H41N5O5/c1-26-14-11-12-19-29(26)41-30(27-15-7-5-8-16-27)31(33(43)38-22-24-39(25-23-38)35(45)46-36(2,3)4)40(34(41)44)21-13-20-37-32(42)28-17-9-6-10-18-28/h5-12,14-19H,13,20-25H2,1-4H3,(H,37,42). The fourth-order valence-corrected chi connectivity index (χ4v) is 5.57. The minimum absolute atomic E-state index is 0.199. The number of nitrogens with zero attached hydrogens (tertiary/aromatic N) is 4. The minimum Gasteiger partial charge on any atom is -0.444 e. The lowest BCUT2D eigenvalue weighted by Crippen LogP contribution is -2.52. The largest absolute Gasteiger partial charge is 0.444 e. The highest BCUT2D eigenvalue weighted by Crippen LogP contribution is 2.29. The molecule has 0 atom stereocenters. The van der Waals surface area contributed by atoms with Crippen LogP contribution < -0.4 is 11.0 Å². The van der Waals surface area contributed by atoms with Gasteiger partial charge in [-0.2, -0.15) is 0 Å². The van der Waals surface area contributed by atoms with Crippen LogP contribution in [0.2, 0.25) is 0 Å². The van der Waals surface area contributed by atoms with Gasteiger partial charge in [0.1, 0.15) is 11.3 Å². The maximum atomic E-state index is 14.5. The molecule has 4 aromatic rings. The minimum atomic E-state index is -0.621. The first-order chi connectivity index (χ1) is 22.0. The Kier molecular flexibility index (Phi) is 9.75. The van der Waals surface area contributed by atoms with E-state index in [1.165, 1.54) is 4.57 Å². The van der Waals surface area contributed by atoms with E-state index in [9.17, 15) is 19.2 Å². The van der Waals surface area contributed by atoms with Gasteiger partial charge in [-0.1, -0.05) is 66.7 Å². The number of carbonyl (C=O) groups is 3. The third-order valence-corrected chi connectivity index (χ3v) is 7.84. The fraction of sp³-hybridized carbons (Fsp3) is 0.333. The average molecular weight is 624 g/mol. The van der Waals surface area contributed by atoms with Crippen molar-refractivity contribution in [2.45, 2.75) is 46.3 Å². The van der Waals surface area contributed by atoms with E-state index >= 15 is 0 Å². The van der Waals surface area contributed by atoms with E-state index < -0.39 is 11.7 Å². The number of hydrogen-bond donors (Lipinski definition) is 1. The number of para-hydroxylation sites is 1. The van der Waals surface area contributed by atoms with Gasteiger partial charge < -0.3 is 19.9 Å². The van der Waals surface area contributed by atoms with E-state index in [0.29, 0.717) is 56.1 Å². The van der Waals surface area contributed by atoms with Crippen LogP contribution >= 0.6 is 0 Å². The number of amides is 3. The van der Waals surface area contributed by atoms with E-state index in [1.807, 2.05) is 88.4 Å². The van der Waals surface area contributed by atoms with Gasteiger partial charge in [-0.25, -0.2) is 9.59 Å². The van der Waals surface area contributed by atoms with Crippen LogP contribution in [-0.2, 0) is 11.3 Å².